The highest BCUT2D eigenvalue weighted by atomic mass is 32.1. The van der Waals surface area contributed by atoms with Crippen molar-refractivity contribution in [3.63, 3.8) is 0 Å². The first-order valence-electron chi connectivity index (χ1n) is 5.64. The topological polar surface area (TPSA) is 93.2 Å². The SMILES string of the molecule is Cc1ccc(CNc2cc(NN)cc([N+](=O)[O-])c2)s1. The Bertz CT molecular complexity index is 597. The molecule has 0 spiro atoms. The highest BCUT2D eigenvalue weighted by Crippen LogP contribution is 2.25. The van der Waals surface area contributed by atoms with E-state index in [4.69, 9.17) is 5.84 Å². The Kier molecular flexibility index (Phi) is 3.98. The molecule has 0 aliphatic heterocycles. The first-order chi connectivity index (χ1) is 9.08. The Hall–Kier alpha value is -2.12. The van der Waals surface area contributed by atoms with Crippen molar-refractivity contribution < 1.29 is 4.92 Å². The number of hydrogen-bond donors (Lipinski definition) is 3. The molecule has 0 fully saturated rings. The van der Waals surface area contributed by atoms with Gasteiger partial charge in [-0.25, -0.2) is 0 Å². The van der Waals surface area contributed by atoms with Crippen molar-refractivity contribution in [2.24, 2.45) is 5.84 Å². The fraction of sp³-hybridized carbons (Fsp3) is 0.167. The molecule has 0 aliphatic rings. The van der Waals surface area contributed by atoms with Gasteiger partial charge in [-0.1, -0.05) is 0 Å². The average molecular weight is 278 g/mol. The number of nitro groups is 1. The third-order valence-corrected chi connectivity index (χ3v) is 3.56. The maximum absolute atomic E-state index is 10.8. The summed E-state index contributed by atoms with van der Waals surface area (Å²) >= 11 is 1.69. The van der Waals surface area contributed by atoms with Crippen LogP contribution in [0, 0.1) is 17.0 Å². The van der Waals surface area contributed by atoms with Gasteiger partial charge in [-0.3, -0.25) is 16.0 Å². The number of thiophene rings is 1. The molecule has 100 valence electrons. The van der Waals surface area contributed by atoms with Gasteiger partial charge in [0.05, 0.1) is 10.6 Å². The van der Waals surface area contributed by atoms with E-state index in [1.807, 2.05) is 19.1 Å². The predicted molar refractivity (Wildman–Crippen MR) is 77.3 cm³/mol. The summed E-state index contributed by atoms with van der Waals surface area (Å²) in [5, 5.41) is 14.0. The molecule has 6 nitrogen and oxygen atoms in total. The number of rotatable bonds is 5. The second-order valence-electron chi connectivity index (χ2n) is 4.04. The standard InChI is InChI=1S/C12H14N4O2S/c1-8-2-3-12(19-8)7-14-9-4-10(15-13)6-11(5-9)16(17)18/h2-6,14-15H,7,13H2,1H3. The van der Waals surface area contributed by atoms with E-state index in [9.17, 15) is 10.1 Å². The smallest absolute Gasteiger partial charge is 0.273 e. The van der Waals surface area contributed by atoms with Crippen molar-refractivity contribution in [1.82, 2.24) is 0 Å². The largest absolute Gasteiger partial charge is 0.380 e. The zero-order valence-corrected chi connectivity index (χ0v) is 11.2. The van der Waals surface area contributed by atoms with Crippen LogP contribution in [-0.2, 0) is 6.54 Å². The second kappa shape index (κ2) is 5.68. The highest BCUT2D eigenvalue weighted by Gasteiger charge is 2.09. The average Bonchev–Trinajstić information content (AvgIpc) is 2.81. The number of nitrogen functional groups attached to an aromatic ring is 1. The molecule has 1 heterocycles. The van der Waals surface area contributed by atoms with Crippen molar-refractivity contribution in [1.29, 1.82) is 0 Å². The van der Waals surface area contributed by atoms with Gasteiger partial charge in [0.25, 0.3) is 5.69 Å². The predicted octanol–water partition coefficient (Wildman–Crippen LogP) is 2.86. The minimum absolute atomic E-state index is 0.000287. The zero-order chi connectivity index (χ0) is 13.8. The molecule has 0 atom stereocenters. The molecule has 0 saturated heterocycles. The minimum atomic E-state index is -0.443. The Morgan fingerprint density at radius 2 is 2.05 bits per heavy atom. The molecular weight excluding hydrogens is 264 g/mol. The normalized spacial score (nSPS) is 10.2. The van der Waals surface area contributed by atoms with Gasteiger partial charge in [0.2, 0.25) is 0 Å². The van der Waals surface area contributed by atoms with Gasteiger partial charge in [-0.2, -0.15) is 0 Å². The number of anilines is 2. The molecular formula is C12H14N4O2S. The van der Waals surface area contributed by atoms with Crippen LogP contribution in [-0.4, -0.2) is 4.92 Å². The van der Waals surface area contributed by atoms with E-state index >= 15 is 0 Å². The Morgan fingerprint density at radius 3 is 2.63 bits per heavy atom. The molecule has 0 bridgehead atoms. The van der Waals surface area contributed by atoms with E-state index in [0.29, 0.717) is 17.9 Å². The number of benzene rings is 1. The van der Waals surface area contributed by atoms with Crippen LogP contribution < -0.4 is 16.6 Å². The van der Waals surface area contributed by atoms with Crippen LogP contribution in [0.3, 0.4) is 0 Å². The molecule has 1 aromatic heterocycles. The van der Waals surface area contributed by atoms with E-state index in [-0.39, 0.29) is 5.69 Å². The van der Waals surface area contributed by atoms with E-state index in [0.717, 1.165) is 0 Å². The first kappa shape index (κ1) is 13.3. The van der Waals surface area contributed by atoms with E-state index in [2.05, 4.69) is 10.7 Å². The minimum Gasteiger partial charge on any atom is -0.380 e. The maximum atomic E-state index is 10.8. The highest BCUT2D eigenvalue weighted by molar-refractivity contribution is 7.11. The van der Waals surface area contributed by atoms with Crippen LogP contribution in [0.1, 0.15) is 9.75 Å². The Balaban J connectivity index is 2.15. The lowest BCUT2D eigenvalue weighted by Gasteiger charge is -2.07. The van der Waals surface area contributed by atoms with Gasteiger partial charge < -0.3 is 10.7 Å². The van der Waals surface area contributed by atoms with Gasteiger partial charge in [-0.15, -0.1) is 11.3 Å². The van der Waals surface area contributed by atoms with E-state index < -0.39 is 4.92 Å². The molecule has 0 saturated carbocycles. The van der Waals surface area contributed by atoms with Crippen LogP contribution in [0.15, 0.2) is 30.3 Å². The molecule has 19 heavy (non-hydrogen) atoms. The fourth-order valence-electron chi connectivity index (χ4n) is 1.67. The summed E-state index contributed by atoms with van der Waals surface area (Å²) in [6, 6.07) is 8.68. The fourth-order valence-corrected chi connectivity index (χ4v) is 2.50. The number of hydrogen-bond acceptors (Lipinski definition) is 6. The number of nitrogens with two attached hydrogens (primary N) is 1. The third kappa shape index (κ3) is 3.43. The number of nitrogens with zero attached hydrogens (tertiary/aromatic N) is 1. The number of nitrogens with one attached hydrogen (secondary N) is 2. The summed E-state index contributed by atoms with van der Waals surface area (Å²) in [5.74, 6) is 5.30. The lowest BCUT2D eigenvalue weighted by Crippen LogP contribution is -2.08. The molecule has 7 heteroatoms. The summed E-state index contributed by atoms with van der Waals surface area (Å²) in [6.45, 7) is 2.67. The Morgan fingerprint density at radius 1 is 1.32 bits per heavy atom. The summed E-state index contributed by atoms with van der Waals surface area (Å²) in [5.41, 5.74) is 3.58. The molecule has 4 N–H and O–H groups in total. The van der Waals surface area contributed by atoms with Gasteiger partial charge in [0.15, 0.2) is 0 Å². The molecule has 0 unspecified atom stereocenters. The molecule has 2 aromatic rings. The Labute approximate surface area is 114 Å². The van der Waals surface area contributed by atoms with Gasteiger partial charge in [0, 0.05) is 34.1 Å². The van der Waals surface area contributed by atoms with Crippen LogP contribution in [0.2, 0.25) is 0 Å². The van der Waals surface area contributed by atoms with Crippen molar-refractivity contribution in [3.05, 3.63) is 50.2 Å². The van der Waals surface area contributed by atoms with Crippen LogP contribution in [0.5, 0.6) is 0 Å². The molecule has 0 amide bonds. The molecule has 2 rings (SSSR count). The maximum Gasteiger partial charge on any atom is 0.273 e. The third-order valence-electron chi connectivity index (χ3n) is 2.56. The zero-order valence-electron chi connectivity index (χ0n) is 10.3. The second-order valence-corrected chi connectivity index (χ2v) is 5.41. The van der Waals surface area contributed by atoms with E-state index in [1.165, 1.54) is 21.9 Å². The monoisotopic (exact) mass is 278 g/mol. The molecule has 0 aliphatic carbocycles. The van der Waals surface area contributed by atoms with Gasteiger partial charge in [-0.05, 0) is 25.1 Å². The number of nitro benzene ring substituents is 1. The van der Waals surface area contributed by atoms with Crippen molar-refractivity contribution in [2.45, 2.75) is 13.5 Å². The number of hydrazine groups is 1. The van der Waals surface area contributed by atoms with Crippen molar-refractivity contribution in [3.8, 4) is 0 Å². The number of non-ortho nitro benzene ring substituents is 1. The van der Waals surface area contributed by atoms with Gasteiger partial charge >= 0.3 is 0 Å². The van der Waals surface area contributed by atoms with Crippen molar-refractivity contribution in [2.75, 3.05) is 10.7 Å². The quantitative estimate of drug-likeness (QED) is 0.444. The summed E-state index contributed by atoms with van der Waals surface area (Å²) < 4.78 is 0. The van der Waals surface area contributed by atoms with Crippen LogP contribution >= 0.6 is 11.3 Å². The van der Waals surface area contributed by atoms with E-state index in [1.54, 1.807) is 17.4 Å². The lowest BCUT2D eigenvalue weighted by molar-refractivity contribution is -0.384. The first-order valence-corrected chi connectivity index (χ1v) is 6.45. The van der Waals surface area contributed by atoms with Crippen LogP contribution in [0.4, 0.5) is 17.1 Å². The number of aryl methyl sites for hydroxylation is 1. The van der Waals surface area contributed by atoms with Crippen LogP contribution in [0.25, 0.3) is 0 Å². The summed E-state index contributed by atoms with van der Waals surface area (Å²) in [7, 11) is 0. The lowest BCUT2D eigenvalue weighted by atomic mass is 10.2. The van der Waals surface area contributed by atoms with Gasteiger partial charge in [0.1, 0.15) is 0 Å². The molecule has 1 aromatic carbocycles. The summed E-state index contributed by atoms with van der Waals surface area (Å²) in [4.78, 5) is 12.8. The molecule has 0 radical (unpaired) electrons. The van der Waals surface area contributed by atoms with Crippen molar-refractivity contribution >= 4 is 28.4 Å². The summed E-state index contributed by atoms with van der Waals surface area (Å²) in [6.07, 6.45) is 0.